The fourth-order valence-corrected chi connectivity index (χ4v) is 2.78. The van der Waals surface area contributed by atoms with Crippen LogP contribution in [0, 0.1) is 0 Å². The molecule has 0 aliphatic heterocycles. The number of aliphatic hydroxyl groups is 1. The Morgan fingerprint density at radius 2 is 1.49 bits per heavy atom. The molecule has 0 aromatic heterocycles. The first kappa shape index (κ1) is 44.1. The summed E-state index contributed by atoms with van der Waals surface area (Å²) in [6, 6.07) is 6.63. The van der Waals surface area contributed by atoms with E-state index in [0.29, 0.717) is 12.8 Å². The Morgan fingerprint density at radius 3 is 1.88 bits per heavy atom. The Labute approximate surface area is 259 Å². The van der Waals surface area contributed by atoms with Crippen molar-refractivity contribution in [2.75, 3.05) is 20.6 Å². The van der Waals surface area contributed by atoms with Gasteiger partial charge in [0.2, 0.25) is 17.7 Å². The summed E-state index contributed by atoms with van der Waals surface area (Å²) in [5.74, 6) is -0.150. The molecule has 0 radical (unpaired) electrons. The summed E-state index contributed by atoms with van der Waals surface area (Å²) >= 11 is 0. The lowest BCUT2D eigenvalue weighted by molar-refractivity contribution is -0.133. The molecule has 0 heterocycles. The minimum absolute atomic E-state index is 0. The summed E-state index contributed by atoms with van der Waals surface area (Å²) in [6.07, 6.45) is 1.65. The number of hydrogen-bond donors (Lipinski definition) is 6. The molecular formula is C31H58N6O6. The van der Waals surface area contributed by atoms with Crippen LogP contribution in [-0.4, -0.2) is 79.3 Å². The first-order valence-electron chi connectivity index (χ1n) is 14.3. The Bertz CT molecular complexity index is 928. The average Bonchev–Trinajstić information content (AvgIpc) is 2.89. The zero-order valence-electron chi connectivity index (χ0n) is 28.2. The molecule has 2 unspecified atom stereocenters. The van der Waals surface area contributed by atoms with Crippen molar-refractivity contribution in [3.05, 3.63) is 29.8 Å². The van der Waals surface area contributed by atoms with Gasteiger partial charge in [-0.2, -0.15) is 5.10 Å². The van der Waals surface area contributed by atoms with Gasteiger partial charge in [-0.15, -0.1) is 0 Å². The molecule has 1 aromatic rings. The third kappa shape index (κ3) is 31.4. The smallest absolute Gasteiger partial charge is 0.249 e. The summed E-state index contributed by atoms with van der Waals surface area (Å²) in [5, 5.41) is 21.2. The molecule has 0 fully saturated rings. The van der Waals surface area contributed by atoms with E-state index in [1.807, 2.05) is 93.5 Å². The van der Waals surface area contributed by atoms with Crippen LogP contribution in [0.4, 0.5) is 0 Å². The number of amides is 3. The summed E-state index contributed by atoms with van der Waals surface area (Å²) in [6.45, 7) is 19.8. The largest absolute Gasteiger partial charge is 0.488 e. The van der Waals surface area contributed by atoms with Crippen LogP contribution in [0.15, 0.2) is 29.4 Å². The number of hydrogen-bond acceptors (Lipinski definition) is 9. The van der Waals surface area contributed by atoms with E-state index in [1.54, 1.807) is 0 Å². The Morgan fingerprint density at radius 1 is 0.977 bits per heavy atom. The van der Waals surface area contributed by atoms with Crippen molar-refractivity contribution in [1.29, 1.82) is 0 Å². The van der Waals surface area contributed by atoms with Crippen LogP contribution >= 0.6 is 0 Å². The Balaban J connectivity index is -0.000000672. The average molecular weight is 611 g/mol. The quantitative estimate of drug-likeness (QED) is 0.118. The minimum Gasteiger partial charge on any atom is -0.488 e. The van der Waals surface area contributed by atoms with Crippen LogP contribution in [-0.2, 0) is 25.6 Å². The maximum atomic E-state index is 11.9. The maximum absolute atomic E-state index is 11.9. The van der Waals surface area contributed by atoms with E-state index in [0.717, 1.165) is 36.4 Å². The molecule has 3 amide bonds. The van der Waals surface area contributed by atoms with Crippen LogP contribution in [0.3, 0.4) is 0 Å². The maximum Gasteiger partial charge on any atom is 0.249 e. The molecule has 0 saturated heterocycles. The number of nitrogens with zero attached hydrogens (tertiary/aromatic N) is 1. The number of nitrogens with one attached hydrogen (secondary N) is 4. The molecule has 0 aliphatic carbocycles. The van der Waals surface area contributed by atoms with Gasteiger partial charge < -0.3 is 36.3 Å². The Hall–Kier alpha value is -3.35. The summed E-state index contributed by atoms with van der Waals surface area (Å²) in [4.78, 5) is 42.6. The van der Waals surface area contributed by atoms with Crippen molar-refractivity contribution >= 4 is 30.2 Å². The van der Waals surface area contributed by atoms with Crippen LogP contribution in [0.25, 0.3) is 0 Å². The fraction of sp³-hybridized carbons (Fsp3) is 0.645. The molecule has 7 N–H and O–H groups in total. The van der Waals surface area contributed by atoms with Gasteiger partial charge in [0.05, 0.1) is 0 Å². The number of hydrazone groups is 1. The highest BCUT2D eigenvalue weighted by Gasteiger charge is 2.22. The highest BCUT2D eigenvalue weighted by Crippen LogP contribution is 2.19. The van der Waals surface area contributed by atoms with Crippen LogP contribution < -0.4 is 31.8 Å². The van der Waals surface area contributed by atoms with Gasteiger partial charge in [0.25, 0.3) is 0 Å². The number of carbonyl (C=O) groups excluding carboxylic acids is 4. The number of aliphatic hydroxyl groups excluding tert-OH is 1. The first-order chi connectivity index (χ1) is 19.8. The summed E-state index contributed by atoms with van der Waals surface area (Å²) in [7, 11) is 3.41. The van der Waals surface area contributed by atoms with Crippen molar-refractivity contribution in [3.8, 4) is 5.75 Å². The molecule has 0 saturated carbocycles. The molecule has 1 rings (SSSR count). The van der Waals surface area contributed by atoms with E-state index in [2.05, 4.69) is 26.5 Å². The van der Waals surface area contributed by atoms with Crippen molar-refractivity contribution in [2.24, 2.45) is 10.8 Å². The zero-order chi connectivity index (χ0) is 34.2. The third-order valence-corrected chi connectivity index (χ3v) is 4.53. The standard InChI is InChI=1S/C17H26N2O4.C9H19N3O.C4H11N.CH2O/c1-11(20)15(21)19-14(16(22)18-5)10-12-6-8-13(9-7-12)23-17(2,3)4;1-8(2)11-12-9(13)6-4-5-7-10-3;1-4(2,3)5;1-2/h6-9,11,14,20H,10H2,1-5H3,(H,18,22)(H,19,21);10H,4-7H2,1-3H3,(H,12,13);5H2,1-3H3;1H2. The van der Waals surface area contributed by atoms with Gasteiger partial charge in [0, 0.05) is 31.1 Å². The van der Waals surface area contributed by atoms with Gasteiger partial charge in [-0.25, -0.2) is 5.43 Å². The Kier molecular flexibility index (Phi) is 24.7. The molecular weight excluding hydrogens is 552 g/mol. The fourth-order valence-electron chi connectivity index (χ4n) is 2.78. The van der Waals surface area contributed by atoms with E-state index in [9.17, 15) is 19.5 Å². The minimum atomic E-state index is -1.16. The molecule has 0 bridgehead atoms. The number of benzene rings is 1. The summed E-state index contributed by atoms with van der Waals surface area (Å²) in [5.41, 5.74) is 9.31. The van der Waals surface area contributed by atoms with Crippen LogP contribution in [0.2, 0.25) is 0 Å². The van der Waals surface area contributed by atoms with Crippen LogP contribution in [0.5, 0.6) is 5.75 Å². The number of carbonyl (C=O) groups is 4. The lowest BCUT2D eigenvalue weighted by atomic mass is 10.0. The van der Waals surface area contributed by atoms with Gasteiger partial charge in [-0.3, -0.25) is 14.4 Å². The third-order valence-electron chi connectivity index (χ3n) is 4.53. The number of rotatable bonds is 12. The topological polar surface area (TPSA) is 184 Å². The lowest BCUT2D eigenvalue weighted by Gasteiger charge is -2.22. The summed E-state index contributed by atoms with van der Waals surface area (Å²) < 4.78 is 5.74. The van der Waals surface area contributed by atoms with Gasteiger partial charge in [0.1, 0.15) is 30.3 Å². The predicted octanol–water partition coefficient (Wildman–Crippen LogP) is 2.46. The van der Waals surface area contributed by atoms with Crippen molar-refractivity contribution in [2.45, 2.75) is 111 Å². The second-order valence-corrected chi connectivity index (χ2v) is 11.9. The predicted molar refractivity (Wildman–Crippen MR) is 174 cm³/mol. The molecule has 1 aromatic carbocycles. The van der Waals surface area contributed by atoms with E-state index in [4.69, 9.17) is 15.3 Å². The van der Waals surface area contributed by atoms with E-state index >= 15 is 0 Å². The van der Waals surface area contributed by atoms with E-state index in [1.165, 1.54) is 14.0 Å². The molecule has 12 nitrogen and oxygen atoms in total. The molecule has 0 aliphatic rings. The van der Waals surface area contributed by atoms with Crippen LogP contribution in [0.1, 0.15) is 87.1 Å². The number of likely N-dealkylation sites (N-methyl/N-ethyl adjacent to an activating group) is 1. The number of ether oxygens (including phenoxy) is 1. The zero-order valence-corrected chi connectivity index (χ0v) is 28.2. The van der Waals surface area contributed by atoms with Crippen molar-refractivity contribution in [3.63, 3.8) is 0 Å². The lowest BCUT2D eigenvalue weighted by Crippen LogP contribution is -2.49. The highest BCUT2D eigenvalue weighted by molar-refractivity contribution is 5.89. The van der Waals surface area contributed by atoms with Crippen molar-refractivity contribution in [1.82, 2.24) is 21.4 Å². The SMILES string of the molecule is C=O.CC(C)(C)N.CNC(=O)C(Cc1ccc(OC(C)(C)C)cc1)NC(=O)C(C)O.CNCCCCC(=O)NN=C(C)C. The van der Waals surface area contributed by atoms with Crippen molar-refractivity contribution < 1.29 is 29.0 Å². The number of unbranched alkanes of at least 4 members (excludes halogenated alkanes) is 1. The van der Waals surface area contributed by atoms with Gasteiger partial charge in [-0.05, 0) is 106 Å². The van der Waals surface area contributed by atoms with Gasteiger partial charge >= 0.3 is 0 Å². The molecule has 0 spiro atoms. The molecule has 248 valence electrons. The van der Waals surface area contributed by atoms with E-state index < -0.39 is 18.1 Å². The second-order valence-electron chi connectivity index (χ2n) is 11.9. The number of nitrogens with two attached hydrogens (primary N) is 1. The molecule has 2 atom stereocenters. The monoisotopic (exact) mass is 610 g/mol. The molecule has 43 heavy (non-hydrogen) atoms. The van der Waals surface area contributed by atoms with Gasteiger partial charge in [-0.1, -0.05) is 12.1 Å². The second kappa shape index (κ2) is 24.1. The van der Waals surface area contributed by atoms with Gasteiger partial charge in [0.15, 0.2) is 0 Å². The highest BCUT2D eigenvalue weighted by atomic mass is 16.5. The molecule has 12 heteroatoms. The normalized spacial score (nSPS) is 11.7. The first-order valence-corrected chi connectivity index (χ1v) is 14.3. The van der Waals surface area contributed by atoms with E-state index in [-0.39, 0.29) is 23.0 Å².